The Morgan fingerprint density at radius 3 is 2.52 bits per heavy atom. The molecule has 0 radical (unpaired) electrons. The van der Waals surface area contributed by atoms with Gasteiger partial charge in [0.1, 0.15) is 0 Å². The number of hydrogen-bond donors (Lipinski definition) is 3. The van der Waals surface area contributed by atoms with E-state index in [1.54, 1.807) is 31.4 Å². The molecule has 1 aromatic carbocycles. The zero-order valence-corrected chi connectivity index (χ0v) is 14.1. The zero-order valence-electron chi connectivity index (χ0n) is 13.2. The quantitative estimate of drug-likeness (QED) is 0.419. The van der Waals surface area contributed by atoms with E-state index >= 15 is 0 Å². The van der Waals surface area contributed by atoms with Gasteiger partial charge in [-0.05, 0) is 18.4 Å². The summed E-state index contributed by atoms with van der Waals surface area (Å²) in [5, 5.41) is 2.76. The first-order valence-corrected chi connectivity index (χ1v) is 8.99. The van der Waals surface area contributed by atoms with Crippen molar-refractivity contribution >= 4 is 13.7 Å². The normalized spacial score (nSPS) is 12.8. The molecular formula is C15H24NO6P. The van der Waals surface area contributed by atoms with Crippen LogP contribution in [0.3, 0.4) is 0 Å². The predicted molar refractivity (Wildman–Crippen MR) is 85.7 cm³/mol. The number of carbonyl (C=O) groups excluding carboxylic acids is 1. The first-order valence-electron chi connectivity index (χ1n) is 7.45. The second-order valence-electron chi connectivity index (χ2n) is 5.12. The summed E-state index contributed by atoms with van der Waals surface area (Å²) in [4.78, 5) is 29.7. The minimum atomic E-state index is -4.58. The van der Waals surface area contributed by atoms with Crippen LogP contribution in [0.2, 0.25) is 0 Å². The van der Waals surface area contributed by atoms with Gasteiger partial charge in [0, 0.05) is 20.1 Å². The van der Waals surface area contributed by atoms with Gasteiger partial charge in [-0.15, -0.1) is 0 Å². The third-order valence-corrected chi connectivity index (χ3v) is 3.68. The van der Waals surface area contributed by atoms with E-state index in [-0.39, 0.29) is 12.5 Å². The second-order valence-corrected chi connectivity index (χ2v) is 6.36. The molecule has 0 saturated carbocycles. The van der Waals surface area contributed by atoms with Gasteiger partial charge in [0.2, 0.25) is 5.91 Å². The molecule has 0 aromatic heterocycles. The van der Waals surface area contributed by atoms with Gasteiger partial charge in [0.25, 0.3) is 0 Å². The van der Waals surface area contributed by atoms with E-state index in [9.17, 15) is 9.36 Å². The summed E-state index contributed by atoms with van der Waals surface area (Å²) < 4.78 is 20.4. The number of phosphoric acid groups is 1. The number of carbonyl (C=O) groups is 1. The lowest BCUT2D eigenvalue weighted by Crippen LogP contribution is -2.31. The van der Waals surface area contributed by atoms with Crippen molar-refractivity contribution in [1.82, 2.24) is 5.32 Å². The fraction of sp³-hybridized carbons (Fsp3) is 0.533. The maximum Gasteiger partial charge on any atom is 0.469 e. The molecule has 1 amide bonds. The molecule has 0 aliphatic heterocycles. The van der Waals surface area contributed by atoms with Crippen LogP contribution in [0, 0.1) is 0 Å². The molecule has 0 bridgehead atoms. The number of ether oxygens (including phenoxy) is 1. The van der Waals surface area contributed by atoms with E-state index in [1.807, 2.05) is 6.07 Å². The van der Waals surface area contributed by atoms with Gasteiger partial charge < -0.3 is 19.8 Å². The maximum absolute atomic E-state index is 12.0. The average Bonchev–Trinajstić information content (AvgIpc) is 2.51. The predicted octanol–water partition coefficient (Wildman–Crippen LogP) is 2.16. The Morgan fingerprint density at radius 2 is 1.91 bits per heavy atom. The lowest BCUT2D eigenvalue weighted by Gasteiger charge is -2.19. The highest BCUT2D eigenvalue weighted by Gasteiger charge is 2.20. The number of unbranched alkanes of at least 4 members (excludes halogenated alkanes) is 2. The Morgan fingerprint density at radius 1 is 1.22 bits per heavy atom. The minimum Gasteiger partial charge on any atom is -0.385 e. The van der Waals surface area contributed by atoms with Crippen LogP contribution in [-0.2, 0) is 18.6 Å². The van der Waals surface area contributed by atoms with Crippen molar-refractivity contribution in [2.45, 2.75) is 31.7 Å². The number of rotatable bonds is 11. The molecule has 0 heterocycles. The fourth-order valence-corrected chi connectivity index (χ4v) is 2.40. The molecule has 0 aliphatic carbocycles. The molecule has 3 N–H and O–H groups in total. The topological polar surface area (TPSA) is 105 Å². The molecule has 8 heteroatoms. The van der Waals surface area contributed by atoms with Crippen molar-refractivity contribution < 1.29 is 28.4 Å². The Kier molecular flexibility index (Phi) is 9.06. The first-order chi connectivity index (χ1) is 10.9. The van der Waals surface area contributed by atoms with Crippen molar-refractivity contribution in [1.29, 1.82) is 0 Å². The molecule has 130 valence electrons. The van der Waals surface area contributed by atoms with Crippen LogP contribution in [0.15, 0.2) is 30.3 Å². The zero-order chi connectivity index (χ0) is 17.1. The number of nitrogens with one attached hydrogen (secondary N) is 1. The Labute approximate surface area is 136 Å². The summed E-state index contributed by atoms with van der Waals surface area (Å²) in [5.74, 6) is -0.175. The smallest absolute Gasteiger partial charge is 0.385 e. The van der Waals surface area contributed by atoms with Crippen molar-refractivity contribution in [3.8, 4) is 0 Å². The second kappa shape index (κ2) is 10.5. The summed E-state index contributed by atoms with van der Waals surface area (Å²) in [6, 6.07) is 8.34. The van der Waals surface area contributed by atoms with E-state index in [0.717, 1.165) is 24.8 Å². The van der Waals surface area contributed by atoms with Crippen LogP contribution in [0.1, 0.15) is 37.3 Å². The Balaban J connectivity index is 2.52. The number of benzene rings is 1. The Bertz CT molecular complexity index is 504. The summed E-state index contributed by atoms with van der Waals surface area (Å²) in [6.45, 7) is 0.383. The van der Waals surface area contributed by atoms with Gasteiger partial charge in [0.15, 0.2) is 0 Å². The van der Waals surface area contributed by atoms with Crippen LogP contribution in [-0.4, -0.2) is 36.0 Å². The fourth-order valence-electron chi connectivity index (χ4n) is 2.05. The molecular weight excluding hydrogens is 321 g/mol. The van der Waals surface area contributed by atoms with Gasteiger partial charge in [-0.2, -0.15) is 0 Å². The van der Waals surface area contributed by atoms with Crippen molar-refractivity contribution in [3.63, 3.8) is 0 Å². The van der Waals surface area contributed by atoms with Crippen LogP contribution in [0.25, 0.3) is 0 Å². The molecule has 1 rings (SSSR count). The number of phosphoric ester groups is 1. The summed E-state index contributed by atoms with van der Waals surface area (Å²) >= 11 is 0. The molecule has 23 heavy (non-hydrogen) atoms. The van der Waals surface area contributed by atoms with E-state index < -0.39 is 13.9 Å². The first kappa shape index (κ1) is 19.8. The van der Waals surface area contributed by atoms with Gasteiger partial charge in [-0.3, -0.25) is 9.32 Å². The number of hydrogen-bond acceptors (Lipinski definition) is 4. The molecule has 0 saturated heterocycles. The van der Waals surface area contributed by atoms with Crippen molar-refractivity contribution in [3.05, 3.63) is 35.9 Å². The van der Waals surface area contributed by atoms with Crippen molar-refractivity contribution in [2.75, 3.05) is 20.3 Å². The minimum absolute atomic E-state index is 0.175. The van der Waals surface area contributed by atoms with Gasteiger partial charge in [-0.25, -0.2) is 4.57 Å². The van der Waals surface area contributed by atoms with E-state index in [0.29, 0.717) is 13.0 Å². The van der Waals surface area contributed by atoms with Crippen LogP contribution < -0.4 is 5.32 Å². The van der Waals surface area contributed by atoms with Crippen LogP contribution in [0.4, 0.5) is 0 Å². The molecule has 0 aliphatic rings. The van der Waals surface area contributed by atoms with E-state index in [2.05, 4.69) is 9.84 Å². The van der Waals surface area contributed by atoms with Crippen molar-refractivity contribution in [2.24, 2.45) is 0 Å². The summed E-state index contributed by atoms with van der Waals surface area (Å²) in [5.41, 5.74) is 0.730. The van der Waals surface area contributed by atoms with Crippen LogP contribution >= 0.6 is 7.82 Å². The lowest BCUT2D eigenvalue weighted by molar-refractivity contribution is -0.122. The highest BCUT2D eigenvalue weighted by Crippen LogP contribution is 2.37. The Hall–Kier alpha value is -1.24. The largest absolute Gasteiger partial charge is 0.469 e. The molecule has 1 aromatic rings. The van der Waals surface area contributed by atoms with Gasteiger partial charge in [-0.1, -0.05) is 36.8 Å². The molecule has 7 nitrogen and oxygen atoms in total. The number of amides is 1. The SMILES string of the molecule is COCCCCCC(=O)N[C@H](COP(=O)(O)O)c1ccccc1. The lowest BCUT2D eigenvalue weighted by atomic mass is 10.1. The third kappa shape index (κ3) is 9.48. The van der Waals surface area contributed by atoms with Gasteiger partial charge in [0.05, 0.1) is 12.6 Å². The molecule has 1 atom stereocenters. The summed E-state index contributed by atoms with van der Waals surface area (Å²) in [6.07, 6.45) is 2.86. The third-order valence-electron chi connectivity index (χ3n) is 3.20. The maximum atomic E-state index is 12.0. The van der Waals surface area contributed by atoms with E-state index in [4.69, 9.17) is 14.5 Å². The standard InChI is InChI=1S/C15H24NO6P/c1-21-11-7-3-6-10-15(17)16-14(12-22-23(18,19)20)13-8-4-2-5-9-13/h2,4-5,8-9,14H,3,6-7,10-12H2,1H3,(H,16,17)(H2,18,19,20)/t14-/m1/s1. The van der Waals surface area contributed by atoms with Gasteiger partial charge >= 0.3 is 7.82 Å². The molecule has 0 unspecified atom stereocenters. The monoisotopic (exact) mass is 345 g/mol. The highest BCUT2D eigenvalue weighted by atomic mass is 31.2. The molecule has 0 spiro atoms. The van der Waals surface area contributed by atoms with E-state index in [1.165, 1.54) is 0 Å². The number of methoxy groups -OCH3 is 1. The average molecular weight is 345 g/mol. The van der Waals surface area contributed by atoms with Crippen LogP contribution in [0.5, 0.6) is 0 Å². The highest BCUT2D eigenvalue weighted by molar-refractivity contribution is 7.46. The molecule has 0 fully saturated rings. The summed E-state index contributed by atoms with van der Waals surface area (Å²) in [7, 11) is -2.95.